The number of carbonyl (C=O) groups excluding carboxylic acids is 2. The van der Waals surface area contributed by atoms with Crippen LogP contribution in [-0.4, -0.2) is 46.4 Å². The average molecular weight is 490 g/mol. The second-order valence-corrected chi connectivity index (χ2v) is 10.6. The first-order valence-corrected chi connectivity index (χ1v) is 13.2. The summed E-state index contributed by atoms with van der Waals surface area (Å²) in [5.41, 5.74) is 0.932. The van der Waals surface area contributed by atoms with Gasteiger partial charge in [-0.15, -0.1) is 11.3 Å². The van der Waals surface area contributed by atoms with E-state index < -0.39 is 5.54 Å². The summed E-state index contributed by atoms with van der Waals surface area (Å²) < 4.78 is 6.11. The molecule has 1 atom stereocenters. The van der Waals surface area contributed by atoms with Gasteiger partial charge in [-0.2, -0.15) is 0 Å². The maximum absolute atomic E-state index is 14.0. The van der Waals surface area contributed by atoms with Gasteiger partial charge in [0.25, 0.3) is 5.91 Å². The first kappa shape index (κ1) is 23.5. The second-order valence-electron chi connectivity index (χ2n) is 9.58. The standard InChI is InChI=1S/C28H31N3O3S/c1-28(27(33)29-22-15-9-4-10-16-22)19-34-24-23(35-25(30-24)21-13-7-3-8-14-21)26(32)31(28)18-17-20-11-5-2-6-12-20/h2-3,5-8,11-14,22H,4,9-10,15-19H2,1H3,(H,29,33)/t28-/m1/s1. The Hall–Kier alpha value is -3.19. The molecule has 1 fully saturated rings. The number of hydrogen-bond donors (Lipinski definition) is 1. The van der Waals surface area contributed by atoms with E-state index in [4.69, 9.17) is 4.74 Å². The van der Waals surface area contributed by atoms with E-state index in [1.54, 1.807) is 4.90 Å². The van der Waals surface area contributed by atoms with Crippen molar-refractivity contribution < 1.29 is 14.3 Å². The van der Waals surface area contributed by atoms with Crippen LogP contribution in [0.1, 0.15) is 54.3 Å². The topological polar surface area (TPSA) is 71.5 Å². The van der Waals surface area contributed by atoms with Gasteiger partial charge in [0.15, 0.2) is 10.4 Å². The van der Waals surface area contributed by atoms with Crippen LogP contribution >= 0.6 is 11.3 Å². The smallest absolute Gasteiger partial charge is 0.270 e. The summed E-state index contributed by atoms with van der Waals surface area (Å²) in [6.07, 6.45) is 6.07. The van der Waals surface area contributed by atoms with E-state index >= 15 is 0 Å². The van der Waals surface area contributed by atoms with Gasteiger partial charge in [-0.1, -0.05) is 79.9 Å². The monoisotopic (exact) mass is 489 g/mol. The van der Waals surface area contributed by atoms with Gasteiger partial charge in [0.05, 0.1) is 0 Å². The molecule has 0 bridgehead atoms. The molecule has 1 N–H and O–H groups in total. The highest BCUT2D eigenvalue weighted by molar-refractivity contribution is 7.17. The van der Waals surface area contributed by atoms with E-state index in [-0.39, 0.29) is 24.5 Å². The minimum Gasteiger partial charge on any atom is -0.473 e. The van der Waals surface area contributed by atoms with E-state index in [9.17, 15) is 9.59 Å². The Morgan fingerprint density at radius 2 is 1.77 bits per heavy atom. The summed E-state index contributed by atoms with van der Waals surface area (Å²) in [4.78, 5) is 34.4. The fourth-order valence-electron chi connectivity index (χ4n) is 4.89. The van der Waals surface area contributed by atoms with Crippen LogP contribution in [0.15, 0.2) is 60.7 Å². The summed E-state index contributed by atoms with van der Waals surface area (Å²) in [5, 5.41) is 3.97. The van der Waals surface area contributed by atoms with Crippen LogP contribution in [0.4, 0.5) is 0 Å². The van der Waals surface area contributed by atoms with Crippen LogP contribution in [0.5, 0.6) is 5.88 Å². The average Bonchev–Trinajstić information content (AvgIpc) is 3.30. The van der Waals surface area contributed by atoms with E-state index in [2.05, 4.69) is 10.3 Å². The SMILES string of the molecule is C[C@]1(C(=O)NC2CCCCC2)COc2nc(-c3ccccc3)sc2C(=O)N1CCc1ccccc1. The number of ether oxygens (including phenoxy) is 1. The number of benzene rings is 2. The van der Waals surface area contributed by atoms with E-state index in [0.29, 0.717) is 23.7 Å². The molecule has 7 heteroatoms. The molecular formula is C28H31N3O3S. The number of fused-ring (bicyclic) bond motifs is 1. The number of amides is 2. The first-order valence-electron chi connectivity index (χ1n) is 12.4. The zero-order valence-corrected chi connectivity index (χ0v) is 20.9. The summed E-state index contributed by atoms with van der Waals surface area (Å²) in [5.74, 6) is -0.0311. The molecule has 2 aromatic carbocycles. The predicted molar refractivity (Wildman–Crippen MR) is 138 cm³/mol. The molecule has 1 aromatic heterocycles. The molecule has 0 radical (unpaired) electrons. The van der Waals surface area contributed by atoms with Crippen molar-refractivity contribution >= 4 is 23.2 Å². The highest BCUT2D eigenvalue weighted by Gasteiger charge is 2.47. The molecule has 0 unspecified atom stereocenters. The van der Waals surface area contributed by atoms with Crippen molar-refractivity contribution in [3.63, 3.8) is 0 Å². The molecule has 0 spiro atoms. The Morgan fingerprint density at radius 1 is 1.09 bits per heavy atom. The fraction of sp³-hybridized carbons (Fsp3) is 0.393. The van der Waals surface area contributed by atoms with Crippen LogP contribution in [0.2, 0.25) is 0 Å². The van der Waals surface area contributed by atoms with E-state index in [0.717, 1.165) is 41.8 Å². The van der Waals surface area contributed by atoms with Crippen molar-refractivity contribution in [3.05, 3.63) is 71.1 Å². The number of carbonyl (C=O) groups is 2. The minimum absolute atomic E-state index is 0.0665. The van der Waals surface area contributed by atoms with Crippen molar-refractivity contribution in [2.75, 3.05) is 13.2 Å². The van der Waals surface area contributed by atoms with Gasteiger partial charge in [-0.25, -0.2) is 4.98 Å². The molecule has 6 nitrogen and oxygen atoms in total. The van der Waals surface area contributed by atoms with Crippen molar-refractivity contribution in [3.8, 4) is 16.5 Å². The highest BCUT2D eigenvalue weighted by atomic mass is 32.1. The maximum atomic E-state index is 14.0. The molecule has 1 aliphatic heterocycles. The second kappa shape index (κ2) is 10.2. The summed E-state index contributed by atoms with van der Waals surface area (Å²) >= 11 is 1.32. The van der Waals surface area contributed by atoms with Crippen LogP contribution in [0, 0.1) is 0 Å². The number of nitrogens with zero attached hydrogens (tertiary/aromatic N) is 2. The Bertz CT molecular complexity index is 1170. The lowest BCUT2D eigenvalue weighted by Crippen LogP contribution is -2.62. The van der Waals surface area contributed by atoms with Gasteiger partial charge in [0.2, 0.25) is 11.8 Å². The molecule has 182 valence electrons. The lowest BCUT2D eigenvalue weighted by molar-refractivity contribution is -0.133. The van der Waals surface area contributed by atoms with Crippen LogP contribution < -0.4 is 10.1 Å². The third-order valence-electron chi connectivity index (χ3n) is 7.04. The molecule has 3 aromatic rings. The number of nitrogens with one attached hydrogen (secondary N) is 1. The van der Waals surface area contributed by atoms with Crippen molar-refractivity contribution in [2.45, 2.75) is 57.0 Å². The van der Waals surface area contributed by atoms with Gasteiger partial charge < -0.3 is 15.0 Å². The number of aromatic nitrogens is 1. The molecule has 2 amide bonds. The first-order chi connectivity index (χ1) is 17.0. The van der Waals surface area contributed by atoms with Crippen molar-refractivity contribution in [1.29, 1.82) is 0 Å². The summed E-state index contributed by atoms with van der Waals surface area (Å²) in [6.45, 7) is 2.30. The lowest BCUT2D eigenvalue weighted by Gasteiger charge is -2.39. The zero-order chi connectivity index (χ0) is 24.3. The summed E-state index contributed by atoms with van der Waals surface area (Å²) in [6, 6.07) is 20.0. The van der Waals surface area contributed by atoms with Crippen molar-refractivity contribution in [1.82, 2.24) is 15.2 Å². The number of rotatable bonds is 6. The third-order valence-corrected chi connectivity index (χ3v) is 8.11. The Morgan fingerprint density at radius 3 is 2.49 bits per heavy atom. The molecule has 2 aliphatic rings. The molecule has 35 heavy (non-hydrogen) atoms. The molecule has 0 saturated heterocycles. The maximum Gasteiger partial charge on any atom is 0.270 e. The molecule has 1 aliphatic carbocycles. The van der Waals surface area contributed by atoms with Crippen LogP contribution in [0.3, 0.4) is 0 Å². The van der Waals surface area contributed by atoms with Gasteiger partial charge in [-0.3, -0.25) is 9.59 Å². The molecular weight excluding hydrogens is 458 g/mol. The quantitative estimate of drug-likeness (QED) is 0.523. The highest BCUT2D eigenvalue weighted by Crippen LogP contribution is 2.37. The fourth-order valence-corrected chi connectivity index (χ4v) is 5.85. The Labute approximate surface area is 210 Å². The van der Waals surface area contributed by atoms with Crippen LogP contribution in [-0.2, 0) is 11.2 Å². The largest absolute Gasteiger partial charge is 0.473 e. The predicted octanol–water partition coefficient (Wildman–Crippen LogP) is 5.10. The molecule has 1 saturated carbocycles. The van der Waals surface area contributed by atoms with Crippen LogP contribution in [0.25, 0.3) is 10.6 Å². The normalized spacial score (nSPS) is 20.6. The Balaban J connectivity index is 1.45. The molecule has 5 rings (SSSR count). The van der Waals surface area contributed by atoms with Gasteiger partial charge in [0, 0.05) is 18.2 Å². The lowest BCUT2D eigenvalue weighted by atomic mass is 9.93. The van der Waals surface area contributed by atoms with Gasteiger partial charge in [0.1, 0.15) is 11.6 Å². The Kier molecular flexibility index (Phi) is 6.86. The van der Waals surface area contributed by atoms with E-state index in [1.165, 1.54) is 17.8 Å². The number of hydrogen-bond acceptors (Lipinski definition) is 5. The van der Waals surface area contributed by atoms with Gasteiger partial charge >= 0.3 is 0 Å². The van der Waals surface area contributed by atoms with Crippen molar-refractivity contribution in [2.24, 2.45) is 0 Å². The molecule has 2 heterocycles. The zero-order valence-electron chi connectivity index (χ0n) is 20.0. The minimum atomic E-state index is -1.13. The van der Waals surface area contributed by atoms with Gasteiger partial charge in [-0.05, 0) is 31.7 Å². The third kappa shape index (κ3) is 4.96. The summed E-state index contributed by atoms with van der Waals surface area (Å²) in [7, 11) is 0. The number of thiazole rings is 1. The van der Waals surface area contributed by atoms with E-state index in [1.807, 2.05) is 67.6 Å².